The predicted octanol–water partition coefficient (Wildman–Crippen LogP) is -0.319. The van der Waals surface area contributed by atoms with Crippen molar-refractivity contribution in [2.45, 2.75) is 19.3 Å². The monoisotopic (exact) mass is 118 g/mol. The summed E-state index contributed by atoms with van der Waals surface area (Å²) in [5.41, 5.74) is 0. The molecule has 1 rings (SSSR count). The van der Waals surface area contributed by atoms with Gasteiger partial charge in [0.1, 0.15) is 0 Å². The summed E-state index contributed by atoms with van der Waals surface area (Å²) < 4.78 is 4.56. The summed E-state index contributed by atoms with van der Waals surface area (Å²) in [6.07, 6.45) is 0.326. The molecule has 0 saturated carbocycles. The van der Waals surface area contributed by atoms with Gasteiger partial charge in [0, 0.05) is 6.42 Å². The Bertz CT molecular complexity index is 89.7. The van der Waals surface area contributed by atoms with E-state index >= 15 is 0 Å². The van der Waals surface area contributed by atoms with Gasteiger partial charge in [0.15, 0.2) is 0 Å². The van der Waals surface area contributed by atoms with Crippen molar-refractivity contribution in [2.75, 3.05) is 6.61 Å². The van der Waals surface area contributed by atoms with Crippen molar-refractivity contribution in [2.24, 2.45) is 5.92 Å². The molecular weight excluding hydrogens is 108 g/mol. The fraction of sp³-hybridized carbons (Fsp3) is 1.00. The molecule has 1 heterocycles. The van der Waals surface area contributed by atoms with Crippen LogP contribution in [0.3, 0.4) is 0 Å². The van der Waals surface area contributed by atoms with Gasteiger partial charge in [0.2, 0.25) is 0 Å². The van der Waals surface area contributed by atoms with E-state index in [9.17, 15) is 0 Å². The standard InChI is InChI=1S/C5H10O3/c1-4-2-5(6,7)8-3-4/h4,6-7H,2-3H2,1H3. The molecule has 0 spiro atoms. The van der Waals surface area contributed by atoms with E-state index < -0.39 is 5.97 Å². The van der Waals surface area contributed by atoms with Gasteiger partial charge in [0.05, 0.1) is 6.61 Å². The number of hydrogen-bond acceptors (Lipinski definition) is 3. The minimum atomic E-state index is -1.83. The molecule has 2 N–H and O–H groups in total. The highest BCUT2D eigenvalue weighted by Gasteiger charge is 2.33. The minimum Gasteiger partial charge on any atom is -0.343 e. The summed E-state index contributed by atoms with van der Waals surface area (Å²) in [6.45, 7) is 2.36. The lowest BCUT2D eigenvalue weighted by atomic mass is 10.1. The summed E-state index contributed by atoms with van der Waals surface area (Å²) in [5, 5.41) is 17.4. The molecule has 1 aliphatic rings. The SMILES string of the molecule is CC1COC(O)(O)C1. The van der Waals surface area contributed by atoms with E-state index in [4.69, 9.17) is 10.2 Å². The molecule has 3 nitrogen and oxygen atoms in total. The highest BCUT2D eigenvalue weighted by Crippen LogP contribution is 2.23. The van der Waals surface area contributed by atoms with Crippen LogP contribution in [0.1, 0.15) is 13.3 Å². The third-order valence-corrected chi connectivity index (χ3v) is 1.21. The molecular formula is C5H10O3. The number of rotatable bonds is 0. The summed E-state index contributed by atoms with van der Waals surface area (Å²) in [4.78, 5) is 0. The van der Waals surface area contributed by atoms with Crippen LogP contribution in [0.5, 0.6) is 0 Å². The molecule has 48 valence electrons. The Morgan fingerprint density at radius 3 is 2.38 bits per heavy atom. The molecule has 1 unspecified atom stereocenters. The second kappa shape index (κ2) is 1.69. The van der Waals surface area contributed by atoms with E-state index in [2.05, 4.69) is 4.74 Å². The van der Waals surface area contributed by atoms with Crippen LogP contribution in [0.4, 0.5) is 0 Å². The third kappa shape index (κ3) is 1.18. The Labute approximate surface area is 47.9 Å². The van der Waals surface area contributed by atoms with Crippen molar-refractivity contribution in [3.05, 3.63) is 0 Å². The van der Waals surface area contributed by atoms with Crippen molar-refractivity contribution in [3.63, 3.8) is 0 Å². The van der Waals surface area contributed by atoms with Gasteiger partial charge in [-0.1, -0.05) is 6.92 Å². The first-order valence-corrected chi connectivity index (χ1v) is 2.69. The van der Waals surface area contributed by atoms with Crippen LogP contribution in [0, 0.1) is 5.92 Å². The van der Waals surface area contributed by atoms with E-state index in [1.807, 2.05) is 6.92 Å². The smallest absolute Gasteiger partial charge is 0.278 e. The highest BCUT2D eigenvalue weighted by atomic mass is 16.8. The Hall–Kier alpha value is -0.120. The highest BCUT2D eigenvalue weighted by molar-refractivity contribution is 4.66. The summed E-state index contributed by atoms with van der Waals surface area (Å²) in [7, 11) is 0. The number of aliphatic hydroxyl groups is 2. The molecule has 0 radical (unpaired) electrons. The molecule has 0 amide bonds. The second-order valence-electron chi connectivity index (χ2n) is 2.36. The zero-order valence-electron chi connectivity index (χ0n) is 4.79. The van der Waals surface area contributed by atoms with E-state index in [1.165, 1.54) is 0 Å². The first-order valence-electron chi connectivity index (χ1n) is 2.69. The van der Waals surface area contributed by atoms with E-state index in [-0.39, 0.29) is 5.92 Å². The maximum absolute atomic E-state index is 8.70. The van der Waals surface area contributed by atoms with Crippen LogP contribution in [-0.4, -0.2) is 22.8 Å². The molecule has 1 saturated heterocycles. The van der Waals surface area contributed by atoms with Crippen molar-refractivity contribution in [1.29, 1.82) is 0 Å². The molecule has 1 atom stereocenters. The average Bonchev–Trinajstić information content (AvgIpc) is 1.82. The van der Waals surface area contributed by atoms with Gasteiger partial charge in [-0.05, 0) is 5.92 Å². The molecule has 0 aromatic heterocycles. The number of ether oxygens (including phenoxy) is 1. The molecule has 0 aliphatic carbocycles. The predicted molar refractivity (Wildman–Crippen MR) is 26.9 cm³/mol. The molecule has 0 aromatic rings. The topological polar surface area (TPSA) is 49.7 Å². The first kappa shape index (κ1) is 6.01. The van der Waals surface area contributed by atoms with Crippen LogP contribution >= 0.6 is 0 Å². The second-order valence-corrected chi connectivity index (χ2v) is 2.36. The van der Waals surface area contributed by atoms with Crippen molar-refractivity contribution in [1.82, 2.24) is 0 Å². The average molecular weight is 118 g/mol. The Balaban J connectivity index is 2.44. The van der Waals surface area contributed by atoms with Crippen LogP contribution in [0.15, 0.2) is 0 Å². The van der Waals surface area contributed by atoms with Gasteiger partial charge >= 0.3 is 0 Å². The molecule has 0 aromatic carbocycles. The van der Waals surface area contributed by atoms with E-state index in [0.29, 0.717) is 13.0 Å². The minimum absolute atomic E-state index is 0.269. The van der Waals surface area contributed by atoms with Gasteiger partial charge in [0.25, 0.3) is 5.97 Å². The van der Waals surface area contributed by atoms with E-state index in [0.717, 1.165) is 0 Å². The van der Waals surface area contributed by atoms with Crippen LogP contribution in [-0.2, 0) is 4.74 Å². The van der Waals surface area contributed by atoms with Gasteiger partial charge < -0.3 is 14.9 Å². The maximum atomic E-state index is 8.70. The molecule has 1 aliphatic heterocycles. The largest absolute Gasteiger partial charge is 0.343 e. The van der Waals surface area contributed by atoms with Crippen molar-refractivity contribution in [3.8, 4) is 0 Å². The fourth-order valence-corrected chi connectivity index (χ4v) is 0.848. The van der Waals surface area contributed by atoms with Gasteiger partial charge in [-0.15, -0.1) is 0 Å². The van der Waals surface area contributed by atoms with E-state index in [1.54, 1.807) is 0 Å². The van der Waals surface area contributed by atoms with Gasteiger partial charge in [-0.25, -0.2) is 0 Å². The summed E-state index contributed by atoms with van der Waals surface area (Å²) in [6, 6.07) is 0. The molecule has 1 fully saturated rings. The quantitative estimate of drug-likeness (QED) is 0.429. The summed E-state index contributed by atoms with van der Waals surface area (Å²) >= 11 is 0. The lowest BCUT2D eigenvalue weighted by molar-refractivity contribution is -0.313. The van der Waals surface area contributed by atoms with Crippen LogP contribution in [0.25, 0.3) is 0 Å². The van der Waals surface area contributed by atoms with Gasteiger partial charge in [-0.3, -0.25) is 0 Å². The first-order chi connectivity index (χ1) is 3.60. The maximum Gasteiger partial charge on any atom is 0.278 e. The van der Waals surface area contributed by atoms with Crippen molar-refractivity contribution < 1.29 is 14.9 Å². The molecule has 0 bridgehead atoms. The Morgan fingerprint density at radius 1 is 1.62 bits per heavy atom. The molecule has 8 heavy (non-hydrogen) atoms. The lowest BCUT2D eigenvalue weighted by Crippen LogP contribution is -2.25. The van der Waals surface area contributed by atoms with Crippen LogP contribution < -0.4 is 0 Å². The Morgan fingerprint density at radius 2 is 2.25 bits per heavy atom. The zero-order chi connectivity index (χ0) is 6.20. The van der Waals surface area contributed by atoms with Crippen LogP contribution in [0.2, 0.25) is 0 Å². The zero-order valence-corrected chi connectivity index (χ0v) is 4.79. The van der Waals surface area contributed by atoms with Crippen molar-refractivity contribution >= 4 is 0 Å². The van der Waals surface area contributed by atoms with Gasteiger partial charge in [-0.2, -0.15) is 0 Å². The normalized spacial score (nSPS) is 35.6. The summed E-state index contributed by atoms with van der Waals surface area (Å²) in [5.74, 6) is -1.57. The molecule has 3 heteroatoms. The third-order valence-electron chi connectivity index (χ3n) is 1.21. The number of hydrogen-bond donors (Lipinski definition) is 2. The Kier molecular flexibility index (Phi) is 1.27. The lowest BCUT2D eigenvalue weighted by Gasteiger charge is -2.11. The fourth-order valence-electron chi connectivity index (χ4n) is 0.848.